The Morgan fingerprint density at radius 3 is 1.80 bits per heavy atom. The molecule has 2 amide bonds. The normalized spacial score (nSPS) is 12.2. The number of carbonyl (C=O) groups is 2. The lowest BCUT2D eigenvalue weighted by atomic mass is 9.86. The van der Waals surface area contributed by atoms with E-state index in [2.05, 4.69) is 0 Å². The first-order valence-corrected chi connectivity index (χ1v) is 7.44. The van der Waals surface area contributed by atoms with Gasteiger partial charge in [0.25, 0.3) is 0 Å². The van der Waals surface area contributed by atoms with Crippen LogP contribution in [-0.2, 0) is 9.59 Å². The second-order valence-corrected chi connectivity index (χ2v) is 7.32. The van der Waals surface area contributed by atoms with E-state index in [4.69, 9.17) is 0 Å². The molecule has 0 saturated carbocycles. The molecule has 0 unspecified atom stereocenters. The van der Waals surface area contributed by atoms with Crippen molar-refractivity contribution in [3.63, 3.8) is 0 Å². The van der Waals surface area contributed by atoms with Crippen LogP contribution in [0.25, 0.3) is 0 Å². The maximum atomic E-state index is 12.2. The van der Waals surface area contributed by atoms with Crippen molar-refractivity contribution in [2.45, 2.75) is 54.4 Å². The quantitative estimate of drug-likeness (QED) is 0.752. The Hall–Kier alpha value is -1.06. The molecule has 0 aliphatic heterocycles. The molecule has 0 atom stereocenters. The van der Waals surface area contributed by atoms with Crippen LogP contribution < -0.4 is 0 Å². The van der Waals surface area contributed by atoms with E-state index in [1.54, 1.807) is 19.0 Å². The second-order valence-electron chi connectivity index (χ2n) is 7.32. The Labute approximate surface area is 124 Å². The summed E-state index contributed by atoms with van der Waals surface area (Å²) in [5.41, 5.74) is -0.710. The van der Waals surface area contributed by atoms with Crippen LogP contribution in [0.4, 0.5) is 0 Å². The van der Waals surface area contributed by atoms with Crippen LogP contribution in [-0.4, -0.2) is 48.8 Å². The zero-order chi connectivity index (χ0) is 16.1. The van der Waals surface area contributed by atoms with E-state index in [0.717, 1.165) is 25.9 Å². The Morgan fingerprint density at radius 1 is 0.950 bits per heavy atom. The van der Waals surface area contributed by atoms with E-state index >= 15 is 0 Å². The monoisotopic (exact) mass is 284 g/mol. The van der Waals surface area contributed by atoms with Crippen LogP contribution in [0.1, 0.15) is 54.4 Å². The highest BCUT2D eigenvalue weighted by atomic mass is 16.2. The highest BCUT2D eigenvalue weighted by molar-refractivity contribution is 5.82. The fourth-order valence-electron chi connectivity index (χ4n) is 2.30. The van der Waals surface area contributed by atoms with Crippen LogP contribution in [0.3, 0.4) is 0 Å². The lowest BCUT2D eigenvalue weighted by Gasteiger charge is -2.31. The molecule has 0 fully saturated rings. The largest absolute Gasteiger partial charge is 0.348 e. The molecule has 0 aromatic heterocycles. The third-order valence-electron chi connectivity index (χ3n) is 3.53. The highest BCUT2D eigenvalue weighted by Crippen LogP contribution is 2.25. The SMILES string of the molecule is CCN(CCCC(C)(C)C(=O)N(C)C)C(=O)C(C)(C)C. The number of nitrogens with zero attached hydrogens (tertiary/aromatic N) is 2. The summed E-state index contributed by atoms with van der Waals surface area (Å²) in [6, 6.07) is 0. The van der Waals surface area contributed by atoms with Crippen molar-refractivity contribution in [1.29, 1.82) is 0 Å². The molecule has 118 valence electrons. The van der Waals surface area contributed by atoms with Gasteiger partial charge < -0.3 is 9.80 Å². The van der Waals surface area contributed by atoms with Crippen molar-refractivity contribution in [3.05, 3.63) is 0 Å². The Bertz CT molecular complexity index is 341. The number of hydrogen-bond acceptors (Lipinski definition) is 2. The van der Waals surface area contributed by atoms with Gasteiger partial charge in [-0.05, 0) is 19.8 Å². The number of carbonyl (C=O) groups excluding carboxylic acids is 2. The smallest absolute Gasteiger partial charge is 0.227 e. The summed E-state index contributed by atoms with van der Waals surface area (Å²) >= 11 is 0. The average Bonchev–Trinajstić information content (AvgIpc) is 2.31. The molecule has 0 heterocycles. The van der Waals surface area contributed by atoms with E-state index in [1.807, 2.05) is 46.4 Å². The zero-order valence-corrected chi connectivity index (χ0v) is 14.5. The maximum Gasteiger partial charge on any atom is 0.227 e. The number of rotatable bonds is 6. The summed E-state index contributed by atoms with van der Waals surface area (Å²) in [5, 5.41) is 0. The topological polar surface area (TPSA) is 40.6 Å². The van der Waals surface area contributed by atoms with E-state index in [0.29, 0.717) is 0 Å². The zero-order valence-electron chi connectivity index (χ0n) is 14.5. The van der Waals surface area contributed by atoms with Crippen molar-refractivity contribution < 1.29 is 9.59 Å². The molecule has 0 bridgehead atoms. The lowest BCUT2D eigenvalue weighted by molar-refractivity contribution is -0.139. The summed E-state index contributed by atoms with van der Waals surface area (Å²) in [7, 11) is 3.57. The molecule has 0 aromatic carbocycles. The molecule has 0 saturated heterocycles. The van der Waals surface area contributed by atoms with Gasteiger partial charge in [0.05, 0.1) is 0 Å². The van der Waals surface area contributed by atoms with Gasteiger partial charge in [0.1, 0.15) is 0 Å². The van der Waals surface area contributed by atoms with Gasteiger partial charge >= 0.3 is 0 Å². The minimum atomic E-state index is -0.367. The van der Waals surface area contributed by atoms with Gasteiger partial charge in [-0.2, -0.15) is 0 Å². The van der Waals surface area contributed by atoms with Gasteiger partial charge in [-0.15, -0.1) is 0 Å². The summed E-state index contributed by atoms with van der Waals surface area (Å²) < 4.78 is 0. The fraction of sp³-hybridized carbons (Fsp3) is 0.875. The first kappa shape index (κ1) is 18.9. The first-order chi connectivity index (χ1) is 8.93. The predicted octanol–water partition coefficient (Wildman–Crippen LogP) is 2.78. The third kappa shape index (κ3) is 5.51. The summed E-state index contributed by atoms with van der Waals surface area (Å²) in [6.07, 6.45) is 1.64. The van der Waals surface area contributed by atoms with Gasteiger partial charge in [0.2, 0.25) is 11.8 Å². The molecule has 0 aromatic rings. The highest BCUT2D eigenvalue weighted by Gasteiger charge is 2.30. The van der Waals surface area contributed by atoms with Crippen molar-refractivity contribution in [3.8, 4) is 0 Å². The molecule has 0 rings (SSSR count). The Morgan fingerprint density at radius 2 is 1.45 bits per heavy atom. The van der Waals surface area contributed by atoms with Gasteiger partial charge in [0.15, 0.2) is 0 Å². The molecule has 0 radical (unpaired) electrons. The molecule has 4 nitrogen and oxygen atoms in total. The van der Waals surface area contributed by atoms with Crippen molar-refractivity contribution in [1.82, 2.24) is 9.80 Å². The van der Waals surface area contributed by atoms with Crippen molar-refractivity contribution in [2.24, 2.45) is 10.8 Å². The van der Waals surface area contributed by atoms with Gasteiger partial charge in [0, 0.05) is 38.0 Å². The summed E-state index contributed by atoms with van der Waals surface area (Å²) in [6.45, 7) is 13.2. The van der Waals surface area contributed by atoms with Gasteiger partial charge in [-0.3, -0.25) is 9.59 Å². The Kier molecular flexibility index (Phi) is 6.72. The number of amides is 2. The molecule has 0 aliphatic carbocycles. The molecular weight excluding hydrogens is 252 g/mol. The van der Waals surface area contributed by atoms with Crippen molar-refractivity contribution >= 4 is 11.8 Å². The minimum absolute atomic E-state index is 0.141. The standard InChI is InChI=1S/C16H32N2O2/c1-9-18(13(19)15(2,3)4)12-10-11-16(5,6)14(20)17(7)8/h9-12H2,1-8H3. The summed E-state index contributed by atoms with van der Waals surface area (Å²) in [5.74, 6) is 0.319. The Balaban J connectivity index is 4.48. The molecule has 0 spiro atoms. The molecule has 20 heavy (non-hydrogen) atoms. The van der Waals surface area contributed by atoms with Gasteiger partial charge in [-0.25, -0.2) is 0 Å². The van der Waals surface area contributed by atoms with Crippen molar-refractivity contribution in [2.75, 3.05) is 27.2 Å². The second kappa shape index (κ2) is 7.09. The van der Waals surface area contributed by atoms with E-state index in [-0.39, 0.29) is 22.6 Å². The third-order valence-corrected chi connectivity index (χ3v) is 3.53. The van der Waals surface area contributed by atoms with Crippen LogP contribution >= 0.6 is 0 Å². The van der Waals surface area contributed by atoms with E-state index in [1.165, 1.54) is 0 Å². The van der Waals surface area contributed by atoms with E-state index < -0.39 is 0 Å². The molecular formula is C16H32N2O2. The lowest BCUT2D eigenvalue weighted by Crippen LogP contribution is -2.41. The molecule has 0 N–H and O–H groups in total. The van der Waals surface area contributed by atoms with Crippen LogP contribution in [0, 0.1) is 10.8 Å². The van der Waals surface area contributed by atoms with Crippen LogP contribution in [0.15, 0.2) is 0 Å². The van der Waals surface area contributed by atoms with Gasteiger partial charge in [-0.1, -0.05) is 34.6 Å². The minimum Gasteiger partial charge on any atom is -0.348 e. The maximum absolute atomic E-state index is 12.2. The molecule has 4 heteroatoms. The average molecular weight is 284 g/mol. The van der Waals surface area contributed by atoms with Crippen LogP contribution in [0.2, 0.25) is 0 Å². The molecule has 0 aliphatic rings. The van der Waals surface area contributed by atoms with Crippen LogP contribution in [0.5, 0.6) is 0 Å². The van der Waals surface area contributed by atoms with E-state index in [9.17, 15) is 9.59 Å². The number of hydrogen-bond donors (Lipinski definition) is 0. The first-order valence-electron chi connectivity index (χ1n) is 7.44. The fourth-order valence-corrected chi connectivity index (χ4v) is 2.30. The predicted molar refractivity (Wildman–Crippen MR) is 83.4 cm³/mol. The summed E-state index contributed by atoms with van der Waals surface area (Å²) in [4.78, 5) is 27.8.